The number of thiophene rings is 1. The van der Waals surface area contributed by atoms with Crippen molar-refractivity contribution in [2.24, 2.45) is 0 Å². The van der Waals surface area contributed by atoms with E-state index in [1.807, 2.05) is 0 Å². The molecule has 0 spiro atoms. The van der Waals surface area contributed by atoms with E-state index in [1.165, 1.54) is 16.2 Å². The highest BCUT2D eigenvalue weighted by atomic mass is 32.1. The minimum atomic E-state index is -0.200. The molecule has 1 aromatic carbocycles. The van der Waals surface area contributed by atoms with Crippen LogP contribution in [0.2, 0.25) is 0 Å². The molecule has 0 bridgehead atoms. The van der Waals surface area contributed by atoms with Gasteiger partial charge in [-0.1, -0.05) is 0 Å². The van der Waals surface area contributed by atoms with Crippen LogP contribution in [0.15, 0.2) is 24.3 Å². The van der Waals surface area contributed by atoms with Crippen LogP contribution in [0.5, 0.6) is 5.75 Å². The maximum atomic E-state index is 12.3. The molecule has 0 unspecified atom stereocenters. The average Bonchev–Trinajstić information content (AvgIpc) is 3.07. The standard InChI is InChI=1S/C16H14N2O2S/c1-20-11-7-5-10(6-8-11)15(19)18-16-13(9-17)12-3-2-4-14(12)21-16/h5-8H,2-4H2,1H3,(H,18,19). The van der Waals surface area contributed by atoms with Gasteiger partial charge in [0.2, 0.25) is 0 Å². The smallest absolute Gasteiger partial charge is 0.256 e. The lowest BCUT2D eigenvalue weighted by Gasteiger charge is -2.05. The predicted molar refractivity (Wildman–Crippen MR) is 82.0 cm³/mol. The summed E-state index contributed by atoms with van der Waals surface area (Å²) in [6.07, 6.45) is 3.04. The van der Waals surface area contributed by atoms with Crippen LogP contribution in [-0.2, 0) is 12.8 Å². The van der Waals surface area contributed by atoms with Crippen LogP contribution >= 0.6 is 11.3 Å². The number of carbonyl (C=O) groups excluding carboxylic acids is 1. The second-order valence-corrected chi connectivity index (χ2v) is 5.96. The van der Waals surface area contributed by atoms with E-state index in [-0.39, 0.29) is 5.91 Å². The number of methoxy groups -OCH3 is 1. The molecule has 4 nitrogen and oxygen atoms in total. The molecule has 3 rings (SSSR count). The van der Waals surface area contributed by atoms with Crippen molar-refractivity contribution in [1.82, 2.24) is 0 Å². The van der Waals surface area contributed by atoms with Crippen molar-refractivity contribution in [3.05, 3.63) is 45.8 Å². The van der Waals surface area contributed by atoms with Gasteiger partial charge < -0.3 is 10.1 Å². The normalized spacial score (nSPS) is 12.6. The molecule has 0 radical (unpaired) electrons. The average molecular weight is 298 g/mol. The largest absolute Gasteiger partial charge is 0.497 e. The van der Waals surface area contributed by atoms with Crippen LogP contribution in [0.3, 0.4) is 0 Å². The van der Waals surface area contributed by atoms with Crippen molar-refractivity contribution in [1.29, 1.82) is 5.26 Å². The zero-order chi connectivity index (χ0) is 14.8. The molecule has 5 heteroatoms. The Kier molecular flexibility index (Phi) is 3.63. The molecule has 106 valence electrons. The number of benzene rings is 1. The summed E-state index contributed by atoms with van der Waals surface area (Å²) in [4.78, 5) is 13.5. The van der Waals surface area contributed by atoms with Gasteiger partial charge in [-0.15, -0.1) is 11.3 Å². The Hall–Kier alpha value is -2.32. The number of aryl methyl sites for hydroxylation is 1. The number of nitrogens with zero attached hydrogens (tertiary/aromatic N) is 1. The van der Waals surface area contributed by atoms with Gasteiger partial charge in [0.25, 0.3) is 5.91 Å². The molecule has 0 atom stereocenters. The Morgan fingerprint density at radius 1 is 1.33 bits per heavy atom. The summed E-state index contributed by atoms with van der Waals surface area (Å²) < 4.78 is 5.07. The molecule has 1 N–H and O–H groups in total. The van der Waals surface area contributed by atoms with E-state index >= 15 is 0 Å². The number of hydrogen-bond donors (Lipinski definition) is 1. The number of fused-ring (bicyclic) bond motifs is 1. The van der Waals surface area contributed by atoms with Gasteiger partial charge in [-0.25, -0.2) is 0 Å². The molecule has 0 fully saturated rings. The number of nitriles is 1. The van der Waals surface area contributed by atoms with E-state index in [2.05, 4.69) is 11.4 Å². The summed E-state index contributed by atoms with van der Waals surface area (Å²) in [6, 6.07) is 9.14. The first kappa shape index (κ1) is 13.7. The predicted octanol–water partition coefficient (Wildman–Crippen LogP) is 3.37. The van der Waals surface area contributed by atoms with Crippen molar-refractivity contribution in [2.75, 3.05) is 12.4 Å². The van der Waals surface area contributed by atoms with E-state index in [4.69, 9.17) is 4.74 Å². The second-order valence-electron chi connectivity index (χ2n) is 4.86. The lowest BCUT2D eigenvalue weighted by atomic mass is 10.1. The molecule has 21 heavy (non-hydrogen) atoms. The van der Waals surface area contributed by atoms with Gasteiger partial charge >= 0.3 is 0 Å². The molecule has 2 aromatic rings. The lowest BCUT2D eigenvalue weighted by molar-refractivity contribution is 0.102. The van der Waals surface area contributed by atoms with Crippen molar-refractivity contribution >= 4 is 22.2 Å². The summed E-state index contributed by atoms with van der Waals surface area (Å²) >= 11 is 1.52. The highest BCUT2D eigenvalue weighted by Gasteiger charge is 2.23. The number of amides is 1. The molecule has 1 amide bonds. The maximum absolute atomic E-state index is 12.3. The second kappa shape index (κ2) is 5.58. The third-order valence-corrected chi connectivity index (χ3v) is 4.82. The molecule has 1 aliphatic carbocycles. The quantitative estimate of drug-likeness (QED) is 0.945. The van der Waals surface area contributed by atoms with E-state index in [0.717, 1.165) is 24.8 Å². The highest BCUT2D eigenvalue weighted by Crippen LogP contribution is 2.38. The molecular weight excluding hydrogens is 284 g/mol. The Morgan fingerprint density at radius 2 is 2.10 bits per heavy atom. The molecule has 1 heterocycles. The number of ether oxygens (including phenoxy) is 1. The highest BCUT2D eigenvalue weighted by molar-refractivity contribution is 7.16. The first-order valence-electron chi connectivity index (χ1n) is 6.73. The summed E-state index contributed by atoms with van der Waals surface area (Å²) in [5, 5.41) is 12.8. The third kappa shape index (κ3) is 2.50. The van der Waals surface area contributed by atoms with E-state index in [9.17, 15) is 10.1 Å². The zero-order valence-electron chi connectivity index (χ0n) is 11.6. The monoisotopic (exact) mass is 298 g/mol. The fourth-order valence-electron chi connectivity index (χ4n) is 2.53. The number of rotatable bonds is 3. The Bertz CT molecular complexity index is 726. The number of hydrogen-bond acceptors (Lipinski definition) is 4. The van der Waals surface area contributed by atoms with Crippen molar-refractivity contribution in [2.45, 2.75) is 19.3 Å². The first-order chi connectivity index (χ1) is 10.2. The Morgan fingerprint density at radius 3 is 2.76 bits per heavy atom. The van der Waals surface area contributed by atoms with Crippen molar-refractivity contribution in [3.8, 4) is 11.8 Å². The number of anilines is 1. The van der Waals surface area contributed by atoms with Crippen LogP contribution in [0, 0.1) is 11.3 Å². The molecule has 0 saturated carbocycles. The lowest BCUT2D eigenvalue weighted by Crippen LogP contribution is -2.11. The van der Waals surface area contributed by atoms with Gasteiger partial charge in [0.05, 0.1) is 12.7 Å². The fraction of sp³-hybridized carbons (Fsp3) is 0.250. The van der Waals surface area contributed by atoms with Gasteiger partial charge in [0, 0.05) is 10.4 Å². The Labute approximate surface area is 127 Å². The number of nitrogens with one attached hydrogen (secondary N) is 1. The van der Waals surface area contributed by atoms with Gasteiger partial charge in [-0.2, -0.15) is 5.26 Å². The first-order valence-corrected chi connectivity index (χ1v) is 7.54. The molecular formula is C16H14N2O2S. The van der Waals surface area contributed by atoms with Crippen molar-refractivity contribution < 1.29 is 9.53 Å². The van der Waals surface area contributed by atoms with Gasteiger partial charge in [-0.3, -0.25) is 4.79 Å². The van der Waals surface area contributed by atoms with Crippen LogP contribution in [-0.4, -0.2) is 13.0 Å². The minimum absolute atomic E-state index is 0.200. The van der Waals surface area contributed by atoms with E-state index in [0.29, 0.717) is 21.9 Å². The van der Waals surface area contributed by atoms with E-state index < -0.39 is 0 Å². The van der Waals surface area contributed by atoms with Crippen LogP contribution < -0.4 is 10.1 Å². The summed E-state index contributed by atoms with van der Waals surface area (Å²) in [6.45, 7) is 0. The third-order valence-electron chi connectivity index (χ3n) is 3.61. The van der Waals surface area contributed by atoms with Crippen LogP contribution in [0.1, 0.15) is 32.8 Å². The summed E-state index contributed by atoms with van der Waals surface area (Å²) in [5.74, 6) is 0.508. The Balaban J connectivity index is 1.83. The summed E-state index contributed by atoms with van der Waals surface area (Å²) in [7, 11) is 1.58. The molecule has 0 aliphatic heterocycles. The molecule has 0 saturated heterocycles. The summed E-state index contributed by atoms with van der Waals surface area (Å²) in [5.41, 5.74) is 2.30. The maximum Gasteiger partial charge on any atom is 0.256 e. The topological polar surface area (TPSA) is 62.1 Å². The molecule has 1 aromatic heterocycles. The fourth-order valence-corrected chi connectivity index (χ4v) is 3.76. The SMILES string of the molecule is COc1ccc(C(=O)Nc2sc3c(c2C#N)CCC3)cc1. The van der Waals surface area contributed by atoms with Gasteiger partial charge in [0.15, 0.2) is 0 Å². The number of carbonyl (C=O) groups is 1. The van der Waals surface area contributed by atoms with Gasteiger partial charge in [-0.05, 0) is 49.1 Å². The minimum Gasteiger partial charge on any atom is -0.497 e. The van der Waals surface area contributed by atoms with Gasteiger partial charge in [0.1, 0.15) is 16.8 Å². The van der Waals surface area contributed by atoms with Crippen LogP contribution in [0.4, 0.5) is 5.00 Å². The van der Waals surface area contributed by atoms with Crippen LogP contribution in [0.25, 0.3) is 0 Å². The zero-order valence-corrected chi connectivity index (χ0v) is 12.4. The van der Waals surface area contributed by atoms with Crippen molar-refractivity contribution in [3.63, 3.8) is 0 Å². The molecule has 1 aliphatic rings. The van der Waals surface area contributed by atoms with E-state index in [1.54, 1.807) is 31.4 Å².